The fourth-order valence-corrected chi connectivity index (χ4v) is 1.52. The third-order valence-corrected chi connectivity index (χ3v) is 2.33. The molecule has 0 unspecified atom stereocenters. The Morgan fingerprint density at radius 2 is 2.06 bits per heavy atom. The molecule has 5 heteroatoms. The predicted octanol–water partition coefficient (Wildman–Crippen LogP) is 2.10. The second kappa shape index (κ2) is 3.92. The average Bonchev–Trinajstić information content (AvgIpc) is 2.51. The topological polar surface area (TPSA) is 43.8 Å². The van der Waals surface area contributed by atoms with Crippen LogP contribution in [0.3, 0.4) is 0 Å². The van der Waals surface area contributed by atoms with E-state index in [1.165, 1.54) is 4.68 Å². The highest BCUT2D eigenvalue weighted by Gasteiger charge is 2.07. The van der Waals surface area contributed by atoms with Gasteiger partial charge in [-0.15, -0.1) is 0 Å². The van der Waals surface area contributed by atoms with E-state index in [1.807, 2.05) is 0 Å². The Bertz CT molecular complexity index is 520. The SMILES string of the molecule is Cc1cc(N)nn1Cc1cc(F)ccc1F. The maximum Gasteiger partial charge on any atom is 0.145 e. The van der Waals surface area contributed by atoms with Crippen molar-refractivity contribution >= 4 is 5.82 Å². The molecule has 0 aliphatic carbocycles. The molecule has 0 aliphatic heterocycles. The number of halogens is 2. The van der Waals surface area contributed by atoms with Crippen LogP contribution >= 0.6 is 0 Å². The zero-order chi connectivity index (χ0) is 11.7. The van der Waals surface area contributed by atoms with Gasteiger partial charge in [0.05, 0.1) is 6.54 Å². The molecule has 1 heterocycles. The van der Waals surface area contributed by atoms with E-state index < -0.39 is 11.6 Å². The molecule has 0 saturated heterocycles. The Balaban J connectivity index is 2.33. The number of anilines is 1. The van der Waals surface area contributed by atoms with E-state index in [2.05, 4.69) is 5.10 Å². The maximum absolute atomic E-state index is 13.4. The standard InChI is InChI=1S/C11H11F2N3/c1-7-4-11(14)15-16(7)6-8-5-9(12)2-3-10(8)13/h2-5H,6H2,1H3,(H2,14,15). The van der Waals surface area contributed by atoms with Crippen LogP contribution in [0.5, 0.6) is 0 Å². The number of nitrogens with two attached hydrogens (primary N) is 1. The smallest absolute Gasteiger partial charge is 0.145 e. The highest BCUT2D eigenvalue weighted by molar-refractivity contribution is 5.29. The second-order valence-corrected chi connectivity index (χ2v) is 3.60. The lowest BCUT2D eigenvalue weighted by Gasteiger charge is -2.05. The summed E-state index contributed by atoms with van der Waals surface area (Å²) in [6.07, 6.45) is 0. The fraction of sp³-hybridized carbons (Fsp3) is 0.182. The molecule has 0 spiro atoms. The molecule has 0 amide bonds. The number of hydrogen-bond acceptors (Lipinski definition) is 2. The molecule has 0 atom stereocenters. The first-order chi connectivity index (χ1) is 7.56. The van der Waals surface area contributed by atoms with Gasteiger partial charge >= 0.3 is 0 Å². The minimum atomic E-state index is -0.464. The highest BCUT2D eigenvalue weighted by Crippen LogP contribution is 2.13. The molecular weight excluding hydrogens is 212 g/mol. The summed E-state index contributed by atoms with van der Waals surface area (Å²) in [5, 5.41) is 3.98. The van der Waals surface area contributed by atoms with Crippen LogP contribution in [0.25, 0.3) is 0 Å². The summed E-state index contributed by atoms with van der Waals surface area (Å²) in [6, 6.07) is 5.03. The van der Waals surface area contributed by atoms with Crippen molar-refractivity contribution in [1.29, 1.82) is 0 Å². The van der Waals surface area contributed by atoms with Gasteiger partial charge in [-0.1, -0.05) is 0 Å². The zero-order valence-corrected chi connectivity index (χ0v) is 8.74. The number of hydrogen-bond donors (Lipinski definition) is 1. The molecular formula is C11H11F2N3. The van der Waals surface area contributed by atoms with Crippen molar-refractivity contribution in [2.45, 2.75) is 13.5 Å². The number of aromatic nitrogens is 2. The van der Waals surface area contributed by atoms with Crippen LogP contribution in [0.15, 0.2) is 24.3 Å². The Morgan fingerprint density at radius 1 is 1.31 bits per heavy atom. The Labute approximate surface area is 91.5 Å². The first-order valence-electron chi connectivity index (χ1n) is 4.80. The van der Waals surface area contributed by atoms with Crippen molar-refractivity contribution in [2.24, 2.45) is 0 Å². The van der Waals surface area contributed by atoms with E-state index in [9.17, 15) is 8.78 Å². The van der Waals surface area contributed by atoms with Crippen LogP contribution in [0.2, 0.25) is 0 Å². The van der Waals surface area contributed by atoms with Crippen molar-refractivity contribution in [2.75, 3.05) is 5.73 Å². The summed E-state index contributed by atoms with van der Waals surface area (Å²) >= 11 is 0. The minimum absolute atomic E-state index is 0.173. The third kappa shape index (κ3) is 2.03. The number of nitrogens with zero attached hydrogens (tertiary/aromatic N) is 2. The molecule has 0 bridgehead atoms. The van der Waals surface area contributed by atoms with E-state index in [-0.39, 0.29) is 12.1 Å². The summed E-state index contributed by atoms with van der Waals surface area (Å²) in [5.41, 5.74) is 6.56. The maximum atomic E-state index is 13.4. The van der Waals surface area contributed by atoms with Gasteiger partial charge in [0, 0.05) is 17.3 Å². The van der Waals surface area contributed by atoms with Crippen molar-refractivity contribution in [3.8, 4) is 0 Å². The molecule has 0 fully saturated rings. The van der Waals surface area contributed by atoms with E-state index in [1.54, 1.807) is 13.0 Å². The van der Waals surface area contributed by atoms with Gasteiger partial charge < -0.3 is 5.73 Å². The molecule has 3 nitrogen and oxygen atoms in total. The quantitative estimate of drug-likeness (QED) is 0.847. The van der Waals surface area contributed by atoms with Gasteiger partial charge in [-0.3, -0.25) is 4.68 Å². The Morgan fingerprint density at radius 3 is 2.69 bits per heavy atom. The number of nitrogen functional groups attached to an aromatic ring is 1. The van der Waals surface area contributed by atoms with Gasteiger partial charge in [0.25, 0.3) is 0 Å². The first-order valence-corrected chi connectivity index (χ1v) is 4.80. The molecule has 0 aliphatic rings. The zero-order valence-electron chi connectivity index (χ0n) is 8.74. The van der Waals surface area contributed by atoms with Crippen LogP contribution in [-0.4, -0.2) is 9.78 Å². The average molecular weight is 223 g/mol. The minimum Gasteiger partial charge on any atom is -0.382 e. The summed E-state index contributed by atoms with van der Waals surface area (Å²) in [7, 11) is 0. The van der Waals surface area contributed by atoms with Gasteiger partial charge in [-0.25, -0.2) is 8.78 Å². The molecule has 1 aromatic heterocycles. The summed E-state index contributed by atoms with van der Waals surface area (Å²) in [6.45, 7) is 1.98. The molecule has 2 rings (SSSR count). The van der Waals surface area contributed by atoms with Gasteiger partial charge in [0.15, 0.2) is 0 Å². The molecule has 84 valence electrons. The van der Waals surface area contributed by atoms with Gasteiger partial charge in [0.2, 0.25) is 0 Å². The molecule has 2 N–H and O–H groups in total. The highest BCUT2D eigenvalue weighted by atomic mass is 19.1. The number of rotatable bonds is 2. The molecule has 1 aromatic carbocycles. The van der Waals surface area contributed by atoms with E-state index in [0.717, 1.165) is 23.9 Å². The van der Waals surface area contributed by atoms with Crippen LogP contribution in [0.1, 0.15) is 11.3 Å². The largest absolute Gasteiger partial charge is 0.382 e. The normalized spacial score (nSPS) is 10.7. The third-order valence-electron chi connectivity index (χ3n) is 2.33. The van der Waals surface area contributed by atoms with Crippen LogP contribution in [0, 0.1) is 18.6 Å². The molecule has 2 aromatic rings. The van der Waals surface area contributed by atoms with Crippen LogP contribution in [-0.2, 0) is 6.54 Å². The van der Waals surface area contributed by atoms with Gasteiger partial charge in [-0.05, 0) is 25.1 Å². The van der Waals surface area contributed by atoms with Crippen molar-refractivity contribution in [1.82, 2.24) is 9.78 Å². The van der Waals surface area contributed by atoms with Gasteiger partial charge in [-0.2, -0.15) is 5.10 Å². The molecule has 0 saturated carbocycles. The molecule has 16 heavy (non-hydrogen) atoms. The lowest BCUT2D eigenvalue weighted by atomic mass is 10.2. The second-order valence-electron chi connectivity index (χ2n) is 3.60. The lowest BCUT2D eigenvalue weighted by Crippen LogP contribution is -2.06. The van der Waals surface area contributed by atoms with Crippen molar-refractivity contribution < 1.29 is 8.78 Å². The summed E-state index contributed by atoms with van der Waals surface area (Å²) in [5.74, 6) is -0.543. The van der Waals surface area contributed by atoms with E-state index in [4.69, 9.17) is 5.73 Å². The Hall–Kier alpha value is -1.91. The number of benzene rings is 1. The van der Waals surface area contributed by atoms with Crippen molar-refractivity contribution in [3.63, 3.8) is 0 Å². The molecule has 0 radical (unpaired) electrons. The summed E-state index contributed by atoms with van der Waals surface area (Å²) < 4.78 is 27.8. The van der Waals surface area contributed by atoms with Crippen LogP contribution < -0.4 is 5.73 Å². The van der Waals surface area contributed by atoms with Crippen LogP contribution in [0.4, 0.5) is 14.6 Å². The number of aryl methyl sites for hydroxylation is 1. The lowest BCUT2D eigenvalue weighted by molar-refractivity contribution is 0.563. The van der Waals surface area contributed by atoms with Gasteiger partial charge in [0.1, 0.15) is 17.5 Å². The predicted molar refractivity (Wildman–Crippen MR) is 56.8 cm³/mol. The monoisotopic (exact) mass is 223 g/mol. The fourth-order valence-electron chi connectivity index (χ4n) is 1.52. The van der Waals surface area contributed by atoms with Crippen molar-refractivity contribution in [3.05, 3.63) is 47.2 Å². The van der Waals surface area contributed by atoms with E-state index in [0.29, 0.717) is 5.82 Å². The first kappa shape index (κ1) is 10.6. The Kier molecular flexibility index (Phi) is 2.60. The summed E-state index contributed by atoms with van der Waals surface area (Å²) in [4.78, 5) is 0. The van der Waals surface area contributed by atoms with E-state index >= 15 is 0 Å².